The van der Waals surface area contributed by atoms with Crippen LogP contribution in [0.4, 0.5) is 5.82 Å². The van der Waals surface area contributed by atoms with Crippen molar-refractivity contribution in [1.82, 2.24) is 19.1 Å². The van der Waals surface area contributed by atoms with Crippen molar-refractivity contribution in [1.29, 1.82) is 0 Å². The van der Waals surface area contributed by atoms with Gasteiger partial charge in [-0.3, -0.25) is 14.1 Å². The van der Waals surface area contributed by atoms with Gasteiger partial charge in [-0.05, 0) is 45.8 Å². The minimum absolute atomic E-state index is 0.0950. The number of ether oxygens (including phenoxy) is 1. The van der Waals surface area contributed by atoms with E-state index in [1.54, 1.807) is 24.3 Å². The molecule has 0 atom stereocenters. The molecule has 0 bridgehead atoms. The summed E-state index contributed by atoms with van der Waals surface area (Å²) in [6.45, 7) is 0.274. The predicted octanol–water partition coefficient (Wildman–Crippen LogP) is 2.77. The number of benzene rings is 1. The van der Waals surface area contributed by atoms with Gasteiger partial charge in [-0.25, -0.2) is 0 Å². The third-order valence-electron chi connectivity index (χ3n) is 4.84. The molecule has 1 aliphatic rings. The lowest BCUT2D eigenvalue weighted by molar-refractivity contribution is 0.385. The van der Waals surface area contributed by atoms with Crippen molar-refractivity contribution in [2.45, 2.75) is 13.0 Å². The Bertz CT molecular complexity index is 1300. The molecule has 1 N–H and O–H groups in total. The molecule has 4 rings (SSSR count). The minimum atomic E-state index is -3.85. The fourth-order valence-corrected chi connectivity index (χ4v) is 5.04. The lowest BCUT2D eigenvalue weighted by Crippen LogP contribution is -2.41. The van der Waals surface area contributed by atoms with Gasteiger partial charge in [0.15, 0.2) is 5.82 Å². The first-order chi connectivity index (χ1) is 14.8. The maximum absolute atomic E-state index is 12.8. The Morgan fingerprint density at radius 2 is 2.06 bits per heavy atom. The topological polar surface area (TPSA) is 106 Å². The Morgan fingerprint density at radius 3 is 2.77 bits per heavy atom. The van der Waals surface area contributed by atoms with Crippen LogP contribution >= 0.6 is 27.5 Å². The Labute approximate surface area is 191 Å². The molecule has 9 nitrogen and oxygen atoms in total. The zero-order valence-corrected chi connectivity index (χ0v) is 19.4. The normalized spacial score (nSPS) is 14.2. The van der Waals surface area contributed by atoms with Crippen LogP contribution in [0.5, 0.6) is 5.75 Å². The number of aromatic nitrogens is 3. The van der Waals surface area contributed by atoms with Gasteiger partial charge in [-0.1, -0.05) is 17.7 Å². The quantitative estimate of drug-likeness (QED) is 0.548. The highest BCUT2D eigenvalue weighted by atomic mass is 79.9. The third kappa shape index (κ3) is 4.31. The fraction of sp³-hybridized carbons (Fsp3) is 0.211. The van der Waals surface area contributed by atoms with Crippen LogP contribution in [0.1, 0.15) is 11.3 Å². The summed E-state index contributed by atoms with van der Waals surface area (Å²) in [6, 6.07) is 9.49. The van der Waals surface area contributed by atoms with E-state index in [1.807, 2.05) is 0 Å². The monoisotopic (exact) mass is 525 g/mol. The van der Waals surface area contributed by atoms with Crippen LogP contribution < -0.4 is 15.0 Å². The summed E-state index contributed by atoms with van der Waals surface area (Å²) in [4.78, 5) is 12.8. The number of anilines is 1. The highest BCUT2D eigenvalue weighted by molar-refractivity contribution is 9.10. The molecule has 12 heteroatoms. The maximum Gasteiger partial charge on any atom is 0.303 e. The van der Waals surface area contributed by atoms with E-state index in [0.29, 0.717) is 38.6 Å². The summed E-state index contributed by atoms with van der Waals surface area (Å²) in [5.41, 5.74) is 1.64. The Hall–Kier alpha value is -2.47. The molecule has 0 saturated heterocycles. The van der Waals surface area contributed by atoms with Crippen molar-refractivity contribution in [2.75, 3.05) is 18.4 Å². The number of nitrogens with zero attached hydrogens (tertiary/aromatic N) is 4. The van der Waals surface area contributed by atoms with Crippen LogP contribution in [0.2, 0.25) is 5.02 Å². The number of methoxy groups -OCH3 is 1. The van der Waals surface area contributed by atoms with Crippen LogP contribution in [-0.2, 0) is 23.2 Å². The Balaban J connectivity index is 1.72. The summed E-state index contributed by atoms with van der Waals surface area (Å²) in [5, 5.41) is 7.86. The summed E-state index contributed by atoms with van der Waals surface area (Å²) in [5.74, 6) is 0.596. The van der Waals surface area contributed by atoms with Gasteiger partial charge in [0, 0.05) is 41.9 Å². The summed E-state index contributed by atoms with van der Waals surface area (Å²) < 4.78 is 36.9. The summed E-state index contributed by atoms with van der Waals surface area (Å²) >= 11 is 9.62. The van der Waals surface area contributed by atoms with Crippen molar-refractivity contribution in [3.63, 3.8) is 0 Å². The largest absolute Gasteiger partial charge is 0.495 e. The van der Waals surface area contributed by atoms with Crippen LogP contribution in [0.3, 0.4) is 0 Å². The van der Waals surface area contributed by atoms with Gasteiger partial charge in [-0.2, -0.15) is 17.8 Å². The average molecular weight is 527 g/mol. The first kappa shape index (κ1) is 21.8. The fourth-order valence-electron chi connectivity index (χ4n) is 3.41. The molecule has 0 aliphatic carbocycles. The van der Waals surface area contributed by atoms with E-state index in [-0.39, 0.29) is 24.5 Å². The number of hydrogen-bond acceptors (Lipinski definition) is 6. The van der Waals surface area contributed by atoms with Crippen molar-refractivity contribution in [3.05, 3.63) is 73.7 Å². The van der Waals surface area contributed by atoms with Crippen LogP contribution in [0.15, 0.2) is 51.9 Å². The number of halogens is 2. The number of rotatable bonds is 5. The molecule has 1 aliphatic heterocycles. The minimum Gasteiger partial charge on any atom is -0.495 e. The van der Waals surface area contributed by atoms with E-state index >= 15 is 0 Å². The molecule has 0 radical (unpaired) electrons. The van der Waals surface area contributed by atoms with E-state index in [4.69, 9.17) is 16.3 Å². The molecule has 3 aromatic rings. The third-order valence-corrected chi connectivity index (χ3v) is 7.50. The summed E-state index contributed by atoms with van der Waals surface area (Å²) in [6.07, 6.45) is 1.78. The van der Waals surface area contributed by atoms with Crippen LogP contribution in [0.25, 0.3) is 5.69 Å². The second-order valence-electron chi connectivity index (χ2n) is 6.72. The summed E-state index contributed by atoms with van der Waals surface area (Å²) in [7, 11) is -2.34. The van der Waals surface area contributed by atoms with Gasteiger partial charge in [0.25, 0.3) is 5.56 Å². The van der Waals surface area contributed by atoms with Gasteiger partial charge >= 0.3 is 10.2 Å². The number of pyridine rings is 1. The van der Waals surface area contributed by atoms with Gasteiger partial charge in [0.05, 0.1) is 17.8 Å². The lowest BCUT2D eigenvalue weighted by atomic mass is 10.1. The van der Waals surface area contributed by atoms with E-state index in [9.17, 15) is 13.2 Å². The zero-order valence-electron chi connectivity index (χ0n) is 16.2. The van der Waals surface area contributed by atoms with E-state index in [0.717, 1.165) is 0 Å². The van der Waals surface area contributed by atoms with Crippen molar-refractivity contribution in [3.8, 4) is 11.4 Å². The first-order valence-corrected chi connectivity index (χ1v) is 11.7. The second kappa shape index (κ2) is 8.58. The molecule has 2 aromatic heterocycles. The Kier molecular flexibility index (Phi) is 6.02. The average Bonchev–Trinajstić information content (AvgIpc) is 2.75. The highest BCUT2D eigenvalue weighted by Gasteiger charge is 2.29. The molecule has 31 heavy (non-hydrogen) atoms. The molecule has 3 heterocycles. The van der Waals surface area contributed by atoms with Crippen molar-refractivity contribution < 1.29 is 13.2 Å². The molecular formula is C19H17BrClN5O4S. The van der Waals surface area contributed by atoms with Crippen LogP contribution in [-0.4, -0.2) is 41.1 Å². The highest BCUT2D eigenvalue weighted by Crippen LogP contribution is 2.34. The number of fused-ring (bicyclic) bond motifs is 1. The van der Waals surface area contributed by atoms with Gasteiger partial charge < -0.3 is 4.74 Å². The van der Waals surface area contributed by atoms with E-state index in [2.05, 4.69) is 30.8 Å². The molecule has 0 fully saturated rings. The maximum atomic E-state index is 12.8. The van der Waals surface area contributed by atoms with Gasteiger partial charge in [-0.15, -0.1) is 5.10 Å². The lowest BCUT2D eigenvalue weighted by Gasteiger charge is -2.30. The molecule has 1 aromatic carbocycles. The van der Waals surface area contributed by atoms with E-state index < -0.39 is 10.2 Å². The molecule has 0 unspecified atom stereocenters. The Morgan fingerprint density at radius 1 is 1.26 bits per heavy atom. The van der Waals surface area contributed by atoms with Crippen molar-refractivity contribution in [2.24, 2.45) is 0 Å². The zero-order chi connectivity index (χ0) is 22.2. The smallest absolute Gasteiger partial charge is 0.303 e. The first-order valence-electron chi connectivity index (χ1n) is 9.13. The van der Waals surface area contributed by atoms with Gasteiger partial charge in [0.1, 0.15) is 5.75 Å². The van der Waals surface area contributed by atoms with Crippen LogP contribution in [0, 0.1) is 0 Å². The number of hydrogen-bond donors (Lipinski definition) is 1. The molecule has 162 valence electrons. The van der Waals surface area contributed by atoms with Gasteiger partial charge in [0.2, 0.25) is 0 Å². The second-order valence-corrected chi connectivity index (χ2v) is 9.65. The molecule has 0 amide bonds. The predicted molar refractivity (Wildman–Crippen MR) is 120 cm³/mol. The van der Waals surface area contributed by atoms with Crippen molar-refractivity contribution >= 4 is 43.6 Å². The SMILES string of the molecule is COc1cc(Br)c(Cl)cc1-n1c2c(ccc1=O)CN(S(=O)(=O)Nc1cccnn1)CC2. The molecule has 0 saturated carbocycles. The number of nitrogens with one attached hydrogen (secondary N) is 1. The molecule has 0 spiro atoms. The molecular weight excluding hydrogens is 510 g/mol. The standard InChI is InChI=1S/C19H17BrClN5O4S/c1-30-17-9-13(20)14(21)10-16(17)26-15-6-8-25(11-12(15)4-5-19(26)27)31(28,29)24-18-3-2-7-22-23-18/h2-5,7,9-10H,6,8,11H2,1H3,(H,23,24). The van der Waals surface area contributed by atoms with E-state index in [1.165, 1.54) is 34.3 Å².